The molecule has 6 nitrogen and oxygen atoms in total. The van der Waals surface area contributed by atoms with Crippen molar-refractivity contribution >= 4 is 29.3 Å². The van der Waals surface area contributed by atoms with Gasteiger partial charge in [-0.2, -0.15) is 4.98 Å². The maximum Gasteiger partial charge on any atom is 0.223 e. The third-order valence-corrected chi connectivity index (χ3v) is 2.58. The average molecular weight is 256 g/mol. The van der Waals surface area contributed by atoms with Crippen LogP contribution in [-0.4, -0.2) is 29.0 Å². The molecule has 1 heterocycles. The number of nitrogens with one attached hydrogen (secondary N) is 2. The fraction of sp³-hybridized carbons (Fsp3) is 0.500. The summed E-state index contributed by atoms with van der Waals surface area (Å²) in [5.41, 5.74) is 5.44. The molecule has 0 atom stereocenters. The Morgan fingerprint density at radius 3 is 2.88 bits per heavy atom. The molecule has 0 bridgehead atoms. The van der Waals surface area contributed by atoms with Crippen molar-refractivity contribution in [3.8, 4) is 0 Å². The first-order valence-electron chi connectivity index (χ1n) is 5.47. The second-order valence-electron chi connectivity index (χ2n) is 3.93. The molecule has 0 saturated heterocycles. The summed E-state index contributed by atoms with van der Waals surface area (Å²) in [7, 11) is 0. The number of hydrogen-bond acceptors (Lipinski definition) is 5. The highest BCUT2D eigenvalue weighted by molar-refractivity contribution is 6.29. The summed E-state index contributed by atoms with van der Waals surface area (Å²) in [6.45, 7) is 1.13. The van der Waals surface area contributed by atoms with E-state index in [0.717, 1.165) is 12.8 Å². The van der Waals surface area contributed by atoms with Crippen LogP contribution in [0.3, 0.4) is 0 Å². The SMILES string of the molecule is Nc1nc(Cl)cc(NCCNC(=O)C2CC2)n1. The average Bonchev–Trinajstić information content (AvgIpc) is 3.06. The second-order valence-corrected chi connectivity index (χ2v) is 4.31. The van der Waals surface area contributed by atoms with Crippen LogP contribution in [0.4, 0.5) is 11.8 Å². The van der Waals surface area contributed by atoms with E-state index in [-0.39, 0.29) is 17.8 Å². The maximum absolute atomic E-state index is 11.3. The van der Waals surface area contributed by atoms with Gasteiger partial charge in [0.25, 0.3) is 0 Å². The van der Waals surface area contributed by atoms with Crippen LogP contribution in [0.1, 0.15) is 12.8 Å². The van der Waals surface area contributed by atoms with E-state index in [1.165, 1.54) is 0 Å². The van der Waals surface area contributed by atoms with Gasteiger partial charge in [-0.1, -0.05) is 11.6 Å². The molecule has 4 N–H and O–H groups in total. The molecular formula is C10H14ClN5O. The van der Waals surface area contributed by atoms with Crippen LogP contribution >= 0.6 is 11.6 Å². The summed E-state index contributed by atoms with van der Waals surface area (Å²) in [5.74, 6) is 1.05. The Morgan fingerprint density at radius 2 is 2.24 bits per heavy atom. The van der Waals surface area contributed by atoms with Gasteiger partial charge in [0.15, 0.2) is 0 Å². The third-order valence-electron chi connectivity index (χ3n) is 2.39. The van der Waals surface area contributed by atoms with Gasteiger partial charge in [0, 0.05) is 25.1 Å². The number of rotatable bonds is 5. The summed E-state index contributed by atoms with van der Waals surface area (Å²) < 4.78 is 0. The molecule has 1 aromatic heterocycles. The van der Waals surface area contributed by atoms with Gasteiger partial charge >= 0.3 is 0 Å². The zero-order chi connectivity index (χ0) is 12.3. The lowest BCUT2D eigenvalue weighted by atomic mass is 10.4. The Balaban J connectivity index is 1.71. The largest absolute Gasteiger partial charge is 0.368 e. The molecule has 0 radical (unpaired) electrons. The molecule has 0 spiro atoms. The number of hydrogen-bond donors (Lipinski definition) is 3. The first-order chi connectivity index (χ1) is 8.15. The van der Waals surface area contributed by atoms with Crippen LogP contribution < -0.4 is 16.4 Å². The lowest BCUT2D eigenvalue weighted by molar-refractivity contribution is -0.122. The molecule has 0 aliphatic heterocycles. The number of amides is 1. The second kappa shape index (κ2) is 5.18. The van der Waals surface area contributed by atoms with Gasteiger partial charge in [-0.15, -0.1) is 0 Å². The summed E-state index contributed by atoms with van der Waals surface area (Å²) >= 11 is 5.72. The molecule has 1 aromatic rings. The predicted octanol–water partition coefficient (Wildman–Crippen LogP) is 0.650. The summed E-state index contributed by atoms with van der Waals surface area (Å²) in [5, 5.41) is 6.14. The molecule has 1 amide bonds. The quantitative estimate of drug-likeness (QED) is 0.531. The van der Waals surface area contributed by atoms with Gasteiger partial charge in [0.1, 0.15) is 11.0 Å². The lowest BCUT2D eigenvalue weighted by Crippen LogP contribution is -2.30. The van der Waals surface area contributed by atoms with E-state index in [1.807, 2.05) is 0 Å². The Morgan fingerprint density at radius 1 is 1.47 bits per heavy atom. The highest BCUT2D eigenvalue weighted by atomic mass is 35.5. The fourth-order valence-corrected chi connectivity index (χ4v) is 1.58. The minimum absolute atomic E-state index is 0.127. The molecule has 1 aliphatic carbocycles. The topological polar surface area (TPSA) is 92.9 Å². The van der Waals surface area contributed by atoms with Crippen molar-refractivity contribution in [3.05, 3.63) is 11.2 Å². The number of nitrogens with zero attached hydrogens (tertiary/aromatic N) is 2. The van der Waals surface area contributed by atoms with Crippen molar-refractivity contribution in [2.24, 2.45) is 5.92 Å². The van der Waals surface area contributed by atoms with E-state index in [1.54, 1.807) is 6.07 Å². The minimum Gasteiger partial charge on any atom is -0.368 e. The van der Waals surface area contributed by atoms with E-state index in [2.05, 4.69) is 20.6 Å². The molecule has 7 heteroatoms. The van der Waals surface area contributed by atoms with Gasteiger partial charge in [-0.25, -0.2) is 4.98 Å². The molecule has 1 fully saturated rings. The standard InChI is InChI=1S/C10H14ClN5O/c11-7-5-8(16-10(12)15-7)13-3-4-14-9(17)6-1-2-6/h5-6H,1-4H2,(H,14,17)(H3,12,13,15,16). The van der Waals surface area contributed by atoms with Crippen molar-refractivity contribution in [1.82, 2.24) is 15.3 Å². The fourth-order valence-electron chi connectivity index (χ4n) is 1.39. The Labute approximate surface area is 104 Å². The van der Waals surface area contributed by atoms with Crippen LogP contribution in [0, 0.1) is 5.92 Å². The highest BCUT2D eigenvalue weighted by Gasteiger charge is 2.28. The van der Waals surface area contributed by atoms with Crippen molar-refractivity contribution in [2.75, 3.05) is 24.1 Å². The molecule has 17 heavy (non-hydrogen) atoms. The molecule has 1 aliphatic rings. The number of carbonyl (C=O) groups excluding carboxylic acids is 1. The normalized spacial score (nSPS) is 14.4. The molecule has 2 rings (SSSR count). The molecule has 92 valence electrons. The molecule has 1 saturated carbocycles. The van der Waals surface area contributed by atoms with Gasteiger partial charge in [-0.05, 0) is 12.8 Å². The van der Waals surface area contributed by atoms with Gasteiger partial charge in [-0.3, -0.25) is 4.79 Å². The first-order valence-corrected chi connectivity index (χ1v) is 5.84. The lowest BCUT2D eigenvalue weighted by Gasteiger charge is -2.07. The Hall–Kier alpha value is -1.56. The zero-order valence-corrected chi connectivity index (χ0v) is 10.00. The van der Waals surface area contributed by atoms with Crippen molar-refractivity contribution in [3.63, 3.8) is 0 Å². The molecular weight excluding hydrogens is 242 g/mol. The van der Waals surface area contributed by atoms with E-state index < -0.39 is 0 Å². The summed E-state index contributed by atoms with van der Waals surface area (Å²) in [4.78, 5) is 19.0. The van der Waals surface area contributed by atoms with Crippen molar-refractivity contribution in [2.45, 2.75) is 12.8 Å². The van der Waals surface area contributed by atoms with Crippen LogP contribution in [0.2, 0.25) is 5.15 Å². The van der Waals surface area contributed by atoms with Crippen LogP contribution in [0.5, 0.6) is 0 Å². The number of anilines is 2. The summed E-state index contributed by atoms with van der Waals surface area (Å²) in [6, 6.07) is 1.58. The van der Waals surface area contributed by atoms with E-state index in [9.17, 15) is 4.79 Å². The van der Waals surface area contributed by atoms with Gasteiger partial charge < -0.3 is 16.4 Å². The Kier molecular flexibility index (Phi) is 3.63. The first kappa shape index (κ1) is 11.9. The van der Waals surface area contributed by atoms with E-state index in [4.69, 9.17) is 17.3 Å². The van der Waals surface area contributed by atoms with Crippen LogP contribution in [0.25, 0.3) is 0 Å². The monoisotopic (exact) mass is 255 g/mol. The highest BCUT2D eigenvalue weighted by Crippen LogP contribution is 2.28. The zero-order valence-electron chi connectivity index (χ0n) is 9.24. The van der Waals surface area contributed by atoms with Crippen molar-refractivity contribution < 1.29 is 4.79 Å². The van der Waals surface area contributed by atoms with Crippen LogP contribution in [-0.2, 0) is 4.79 Å². The summed E-state index contributed by atoms with van der Waals surface area (Å²) in [6.07, 6.45) is 2.02. The number of halogens is 1. The third kappa shape index (κ3) is 3.74. The number of nitrogens with two attached hydrogens (primary N) is 1. The smallest absolute Gasteiger partial charge is 0.223 e. The van der Waals surface area contributed by atoms with Gasteiger partial charge in [0.2, 0.25) is 11.9 Å². The Bertz CT molecular complexity index is 401. The van der Waals surface area contributed by atoms with E-state index >= 15 is 0 Å². The number of nitrogen functional groups attached to an aromatic ring is 1. The molecule has 0 unspecified atom stereocenters. The van der Waals surface area contributed by atoms with E-state index in [0.29, 0.717) is 24.1 Å². The number of aromatic nitrogens is 2. The van der Waals surface area contributed by atoms with Crippen LogP contribution in [0.15, 0.2) is 6.07 Å². The maximum atomic E-state index is 11.3. The number of carbonyl (C=O) groups is 1. The van der Waals surface area contributed by atoms with Gasteiger partial charge in [0.05, 0.1) is 0 Å². The predicted molar refractivity (Wildman–Crippen MR) is 65.7 cm³/mol. The minimum atomic E-state index is 0.127. The van der Waals surface area contributed by atoms with Crippen molar-refractivity contribution in [1.29, 1.82) is 0 Å². The molecule has 0 aromatic carbocycles.